The third kappa shape index (κ3) is 2.86. The number of halogens is 2. The number of carbonyl (C=O) groups is 1. The van der Waals surface area contributed by atoms with Crippen molar-refractivity contribution in [3.05, 3.63) is 63.7 Å². The van der Waals surface area contributed by atoms with Crippen molar-refractivity contribution in [1.29, 1.82) is 0 Å². The van der Waals surface area contributed by atoms with Gasteiger partial charge in [-0.2, -0.15) is 0 Å². The van der Waals surface area contributed by atoms with Gasteiger partial charge in [0.25, 0.3) is 5.91 Å². The molecule has 1 heterocycles. The summed E-state index contributed by atoms with van der Waals surface area (Å²) < 4.78 is 2.31. The minimum absolute atomic E-state index is 0.110. The van der Waals surface area contributed by atoms with Crippen molar-refractivity contribution < 1.29 is 4.79 Å². The van der Waals surface area contributed by atoms with Crippen molar-refractivity contribution in [1.82, 2.24) is 20.4 Å². The van der Waals surface area contributed by atoms with E-state index in [2.05, 4.69) is 31.7 Å². The van der Waals surface area contributed by atoms with Crippen LogP contribution in [0.2, 0.25) is 5.02 Å². The molecule has 23 heavy (non-hydrogen) atoms. The Morgan fingerprint density at radius 3 is 2.57 bits per heavy atom. The molecule has 0 radical (unpaired) electrons. The fourth-order valence-corrected chi connectivity index (χ4v) is 2.88. The third-order valence-corrected chi connectivity index (χ3v) is 4.24. The molecular formula is C15H11BrClN5O. The highest BCUT2D eigenvalue weighted by Gasteiger charge is 2.23. The highest BCUT2D eigenvalue weighted by Crippen LogP contribution is 2.33. The molecule has 1 aromatic heterocycles. The molecule has 0 aliphatic carbocycles. The van der Waals surface area contributed by atoms with Gasteiger partial charge in [-0.15, -0.1) is 5.10 Å². The van der Waals surface area contributed by atoms with Crippen LogP contribution in [-0.4, -0.2) is 20.9 Å². The van der Waals surface area contributed by atoms with Crippen LogP contribution in [0.25, 0.3) is 16.9 Å². The monoisotopic (exact) mass is 391 g/mol. The highest BCUT2D eigenvalue weighted by atomic mass is 79.9. The second-order valence-electron chi connectivity index (χ2n) is 4.60. The van der Waals surface area contributed by atoms with E-state index in [4.69, 9.17) is 17.4 Å². The number of nitrogen functional groups attached to an aromatic ring is 1. The van der Waals surface area contributed by atoms with Gasteiger partial charge in [-0.05, 0) is 18.2 Å². The first kappa shape index (κ1) is 15.7. The first-order valence-electron chi connectivity index (χ1n) is 6.60. The fourth-order valence-electron chi connectivity index (χ4n) is 2.19. The number of nitrogens with two attached hydrogens (primary N) is 1. The van der Waals surface area contributed by atoms with Crippen LogP contribution in [0, 0.1) is 0 Å². The van der Waals surface area contributed by atoms with Crippen LogP contribution in [0.4, 0.5) is 0 Å². The Bertz CT molecular complexity index is 880. The molecule has 0 bridgehead atoms. The van der Waals surface area contributed by atoms with Crippen LogP contribution >= 0.6 is 27.5 Å². The van der Waals surface area contributed by atoms with Gasteiger partial charge in [0, 0.05) is 10.0 Å². The van der Waals surface area contributed by atoms with Gasteiger partial charge in [0.2, 0.25) is 0 Å². The summed E-state index contributed by atoms with van der Waals surface area (Å²) in [7, 11) is 0. The predicted molar refractivity (Wildman–Crippen MR) is 91.2 cm³/mol. The maximum Gasteiger partial charge on any atom is 0.288 e. The summed E-state index contributed by atoms with van der Waals surface area (Å²) in [5.74, 6) is 4.72. The Hall–Kier alpha value is -2.22. The van der Waals surface area contributed by atoms with Crippen molar-refractivity contribution in [3.8, 4) is 16.9 Å². The van der Waals surface area contributed by atoms with Crippen LogP contribution < -0.4 is 11.3 Å². The lowest BCUT2D eigenvalue weighted by Crippen LogP contribution is -2.30. The molecule has 0 unspecified atom stereocenters. The zero-order valence-corrected chi connectivity index (χ0v) is 14.0. The Balaban J connectivity index is 2.31. The van der Waals surface area contributed by atoms with Crippen LogP contribution in [0.3, 0.4) is 0 Å². The maximum absolute atomic E-state index is 12.0. The molecule has 0 saturated heterocycles. The van der Waals surface area contributed by atoms with Crippen LogP contribution in [-0.2, 0) is 0 Å². The van der Waals surface area contributed by atoms with E-state index >= 15 is 0 Å². The van der Waals surface area contributed by atoms with Crippen molar-refractivity contribution >= 4 is 33.4 Å². The number of hydrogen-bond acceptors (Lipinski definition) is 4. The molecule has 116 valence electrons. The lowest BCUT2D eigenvalue weighted by atomic mass is 10.1. The minimum Gasteiger partial charge on any atom is -0.289 e. The summed E-state index contributed by atoms with van der Waals surface area (Å²) >= 11 is 9.74. The molecule has 8 heteroatoms. The Kier molecular flexibility index (Phi) is 4.42. The zero-order chi connectivity index (χ0) is 16.4. The van der Waals surface area contributed by atoms with Crippen molar-refractivity contribution in [2.24, 2.45) is 5.84 Å². The zero-order valence-electron chi connectivity index (χ0n) is 11.7. The molecule has 6 nitrogen and oxygen atoms in total. The van der Waals surface area contributed by atoms with Gasteiger partial charge >= 0.3 is 0 Å². The molecule has 0 spiro atoms. The van der Waals surface area contributed by atoms with Gasteiger partial charge < -0.3 is 0 Å². The Labute approximate surface area is 145 Å². The summed E-state index contributed by atoms with van der Waals surface area (Å²) in [6.45, 7) is 0. The second kappa shape index (κ2) is 6.49. The standard InChI is InChI=1S/C15H11BrClN5O/c16-10-6-2-1-5-9(10)14-13(15(23)19-18)20-21-22(14)12-8-4-3-7-11(12)17/h1-8H,18H2,(H,19,23). The van der Waals surface area contributed by atoms with Gasteiger partial charge in [-0.1, -0.05) is 63.1 Å². The number of amides is 1. The van der Waals surface area contributed by atoms with E-state index in [1.165, 1.54) is 4.68 Å². The average molecular weight is 393 g/mol. The number of carbonyl (C=O) groups excluding carboxylic acids is 1. The Morgan fingerprint density at radius 1 is 1.17 bits per heavy atom. The quantitative estimate of drug-likeness (QED) is 0.408. The number of hydrogen-bond donors (Lipinski definition) is 2. The highest BCUT2D eigenvalue weighted by molar-refractivity contribution is 9.10. The molecule has 0 aliphatic rings. The predicted octanol–water partition coefficient (Wildman–Crippen LogP) is 2.95. The maximum atomic E-state index is 12.0. The summed E-state index contributed by atoms with van der Waals surface area (Å²) in [6.07, 6.45) is 0. The van der Waals surface area contributed by atoms with E-state index < -0.39 is 5.91 Å². The number of nitrogens with zero attached hydrogens (tertiary/aromatic N) is 3. The van der Waals surface area contributed by atoms with Gasteiger partial charge in [0.05, 0.1) is 10.7 Å². The smallest absolute Gasteiger partial charge is 0.288 e. The molecule has 2 aromatic carbocycles. The molecule has 3 aromatic rings. The van der Waals surface area contributed by atoms with Gasteiger partial charge in [-0.3, -0.25) is 10.2 Å². The summed E-state index contributed by atoms with van der Waals surface area (Å²) in [5, 5.41) is 8.53. The molecule has 0 aliphatic heterocycles. The lowest BCUT2D eigenvalue weighted by molar-refractivity contribution is 0.0949. The van der Waals surface area contributed by atoms with E-state index in [1.807, 2.05) is 36.4 Å². The summed E-state index contributed by atoms with van der Waals surface area (Å²) in [5.41, 5.74) is 4.05. The molecule has 1 amide bonds. The molecule has 0 saturated carbocycles. The van der Waals surface area contributed by atoms with Gasteiger partial charge in [-0.25, -0.2) is 10.5 Å². The number of hydrazine groups is 1. The van der Waals surface area contributed by atoms with Crippen molar-refractivity contribution in [2.45, 2.75) is 0 Å². The van der Waals surface area contributed by atoms with Crippen LogP contribution in [0.15, 0.2) is 53.0 Å². The van der Waals surface area contributed by atoms with E-state index in [9.17, 15) is 4.79 Å². The van der Waals surface area contributed by atoms with Gasteiger partial charge in [0.15, 0.2) is 5.69 Å². The van der Waals surface area contributed by atoms with Gasteiger partial charge in [0.1, 0.15) is 5.69 Å². The first-order chi connectivity index (χ1) is 11.1. The second-order valence-corrected chi connectivity index (χ2v) is 5.86. The lowest BCUT2D eigenvalue weighted by Gasteiger charge is -2.10. The number of rotatable bonds is 3. The number of nitrogens with one attached hydrogen (secondary N) is 1. The van der Waals surface area contributed by atoms with E-state index in [0.717, 1.165) is 10.0 Å². The van der Waals surface area contributed by atoms with Crippen molar-refractivity contribution in [3.63, 3.8) is 0 Å². The van der Waals surface area contributed by atoms with E-state index in [-0.39, 0.29) is 5.69 Å². The molecule has 0 fully saturated rings. The molecule has 3 N–H and O–H groups in total. The summed E-state index contributed by atoms with van der Waals surface area (Å²) in [6, 6.07) is 14.6. The van der Waals surface area contributed by atoms with E-state index in [1.54, 1.807) is 12.1 Å². The third-order valence-electron chi connectivity index (χ3n) is 3.23. The van der Waals surface area contributed by atoms with Crippen LogP contribution in [0.5, 0.6) is 0 Å². The summed E-state index contributed by atoms with van der Waals surface area (Å²) in [4.78, 5) is 12.0. The average Bonchev–Trinajstić information content (AvgIpc) is 2.99. The largest absolute Gasteiger partial charge is 0.289 e. The number of benzene rings is 2. The van der Waals surface area contributed by atoms with E-state index in [0.29, 0.717) is 16.4 Å². The topological polar surface area (TPSA) is 85.8 Å². The number of para-hydroxylation sites is 1. The molecule has 0 atom stereocenters. The SMILES string of the molecule is NNC(=O)c1nnn(-c2ccccc2Cl)c1-c1ccccc1Br. The first-order valence-corrected chi connectivity index (χ1v) is 7.77. The molecule has 3 rings (SSSR count). The minimum atomic E-state index is -0.533. The van der Waals surface area contributed by atoms with Crippen molar-refractivity contribution in [2.75, 3.05) is 0 Å². The number of aromatic nitrogens is 3. The fraction of sp³-hybridized carbons (Fsp3) is 0. The normalized spacial score (nSPS) is 10.6. The molecular weight excluding hydrogens is 382 g/mol. The van der Waals surface area contributed by atoms with Crippen LogP contribution in [0.1, 0.15) is 10.5 Å². The Morgan fingerprint density at radius 2 is 1.87 bits per heavy atom.